The molecule has 9 nitrogen and oxygen atoms in total. The Kier molecular flexibility index (Phi) is 3.59. The van der Waals surface area contributed by atoms with Crippen LogP contribution in [-0.4, -0.2) is 52.5 Å². The van der Waals surface area contributed by atoms with Crippen molar-refractivity contribution >= 4 is 15.9 Å². The van der Waals surface area contributed by atoms with Crippen molar-refractivity contribution in [1.82, 2.24) is 24.7 Å². The minimum Gasteiger partial charge on any atom is -0.289 e. The highest BCUT2D eigenvalue weighted by molar-refractivity contribution is 7.89. The molecule has 0 aliphatic carbocycles. The molecule has 0 spiro atoms. The average molecular weight is 274 g/mol. The second-order valence-corrected chi connectivity index (χ2v) is 6.00. The fourth-order valence-electron chi connectivity index (χ4n) is 1.74. The summed E-state index contributed by atoms with van der Waals surface area (Å²) in [4.78, 5) is 11.1. The maximum Gasteiger partial charge on any atom is 0.287 e. The number of carbonyl (C=O) groups excluding carboxylic acids is 1. The number of nitrogen functional groups attached to an aromatic ring is 1. The Morgan fingerprint density at radius 1 is 1.50 bits per heavy atom. The number of nitrogens with two attached hydrogens (primary N) is 1. The van der Waals surface area contributed by atoms with Gasteiger partial charge in [0, 0.05) is 13.1 Å². The average Bonchev–Trinajstić information content (AvgIpc) is 2.92. The summed E-state index contributed by atoms with van der Waals surface area (Å²) in [5, 5.41) is 7.34. The molecule has 1 saturated heterocycles. The van der Waals surface area contributed by atoms with Gasteiger partial charge in [0.2, 0.25) is 10.0 Å². The van der Waals surface area contributed by atoms with E-state index >= 15 is 0 Å². The zero-order chi connectivity index (χ0) is 13.2. The Morgan fingerprint density at radius 3 is 2.89 bits per heavy atom. The number of hydrogen-bond donors (Lipinski definition) is 2. The Bertz CT molecular complexity index is 539. The number of aromatic nitrogens is 3. The lowest BCUT2D eigenvalue weighted by atomic mass is 10.4. The zero-order valence-electron chi connectivity index (χ0n) is 9.61. The molecule has 0 radical (unpaired) electrons. The second kappa shape index (κ2) is 5.00. The Hall–Kier alpha value is -1.52. The Balaban J connectivity index is 1.95. The van der Waals surface area contributed by atoms with E-state index in [9.17, 15) is 13.2 Å². The van der Waals surface area contributed by atoms with Gasteiger partial charge in [0.1, 0.15) is 0 Å². The SMILES string of the molecule is NNC(=O)c1cn(CCN2CCCS2(=O)=O)nn1. The molecule has 1 aliphatic rings. The van der Waals surface area contributed by atoms with Gasteiger partial charge >= 0.3 is 0 Å². The molecule has 1 aliphatic heterocycles. The smallest absolute Gasteiger partial charge is 0.287 e. The molecule has 1 fully saturated rings. The predicted octanol–water partition coefficient (Wildman–Crippen LogP) is -2.08. The predicted molar refractivity (Wildman–Crippen MR) is 61.7 cm³/mol. The van der Waals surface area contributed by atoms with Gasteiger partial charge < -0.3 is 0 Å². The number of carbonyl (C=O) groups is 1. The molecular weight excluding hydrogens is 260 g/mol. The molecule has 0 bridgehead atoms. The van der Waals surface area contributed by atoms with Crippen molar-refractivity contribution in [3.63, 3.8) is 0 Å². The summed E-state index contributed by atoms with van der Waals surface area (Å²) >= 11 is 0. The normalized spacial score (nSPS) is 18.9. The second-order valence-electron chi connectivity index (χ2n) is 3.91. The van der Waals surface area contributed by atoms with Gasteiger partial charge in [0.15, 0.2) is 5.69 Å². The maximum atomic E-state index is 11.5. The van der Waals surface area contributed by atoms with E-state index in [1.165, 1.54) is 15.2 Å². The number of amides is 1. The number of nitrogens with zero attached hydrogens (tertiary/aromatic N) is 4. The van der Waals surface area contributed by atoms with Crippen molar-refractivity contribution in [3.05, 3.63) is 11.9 Å². The molecule has 3 N–H and O–H groups in total. The first-order chi connectivity index (χ1) is 8.53. The minimum atomic E-state index is -3.10. The van der Waals surface area contributed by atoms with E-state index in [1.807, 2.05) is 5.43 Å². The molecule has 18 heavy (non-hydrogen) atoms. The summed E-state index contributed by atoms with van der Waals surface area (Å²) in [5.74, 6) is 4.63. The van der Waals surface area contributed by atoms with E-state index in [2.05, 4.69) is 10.3 Å². The highest BCUT2D eigenvalue weighted by Gasteiger charge is 2.27. The van der Waals surface area contributed by atoms with Crippen LogP contribution in [0.3, 0.4) is 0 Å². The van der Waals surface area contributed by atoms with Gasteiger partial charge in [-0.25, -0.2) is 18.6 Å². The highest BCUT2D eigenvalue weighted by atomic mass is 32.2. The van der Waals surface area contributed by atoms with Crippen molar-refractivity contribution < 1.29 is 13.2 Å². The first kappa shape index (κ1) is 12.9. The summed E-state index contributed by atoms with van der Waals surface area (Å²) < 4.78 is 25.9. The third-order valence-electron chi connectivity index (χ3n) is 2.68. The van der Waals surface area contributed by atoms with E-state index in [0.29, 0.717) is 26.1 Å². The van der Waals surface area contributed by atoms with Crippen molar-refractivity contribution in [3.8, 4) is 0 Å². The molecule has 1 amide bonds. The molecule has 1 aromatic heterocycles. The zero-order valence-corrected chi connectivity index (χ0v) is 10.4. The first-order valence-corrected chi connectivity index (χ1v) is 7.03. The van der Waals surface area contributed by atoms with Gasteiger partial charge in [-0.1, -0.05) is 5.21 Å². The van der Waals surface area contributed by atoms with Crippen molar-refractivity contribution in [2.45, 2.75) is 13.0 Å². The first-order valence-electron chi connectivity index (χ1n) is 5.42. The molecular formula is C8H14N6O3S. The Morgan fingerprint density at radius 2 is 2.28 bits per heavy atom. The van der Waals surface area contributed by atoms with Crippen LogP contribution in [0.2, 0.25) is 0 Å². The van der Waals surface area contributed by atoms with Crippen LogP contribution in [0.1, 0.15) is 16.9 Å². The fraction of sp³-hybridized carbons (Fsp3) is 0.625. The number of hydrogen-bond acceptors (Lipinski definition) is 6. The van der Waals surface area contributed by atoms with Crippen molar-refractivity contribution in [2.75, 3.05) is 18.8 Å². The van der Waals surface area contributed by atoms with Gasteiger partial charge in [0.25, 0.3) is 5.91 Å². The fourth-order valence-corrected chi connectivity index (χ4v) is 3.26. The van der Waals surface area contributed by atoms with E-state index in [1.54, 1.807) is 0 Å². The number of nitrogens with one attached hydrogen (secondary N) is 1. The van der Waals surface area contributed by atoms with Gasteiger partial charge in [-0.05, 0) is 6.42 Å². The van der Waals surface area contributed by atoms with E-state index in [4.69, 9.17) is 5.84 Å². The van der Waals surface area contributed by atoms with Crippen LogP contribution in [0, 0.1) is 0 Å². The molecule has 0 aromatic carbocycles. The molecule has 0 unspecified atom stereocenters. The van der Waals surface area contributed by atoms with Crippen LogP contribution >= 0.6 is 0 Å². The summed E-state index contributed by atoms with van der Waals surface area (Å²) in [6.45, 7) is 1.21. The van der Waals surface area contributed by atoms with Crippen LogP contribution in [0.5, 0.6) is 0 Å². The van der Waals surface area contributed by atoms with Crippen LogP contribution < -0.4 is 11.3 Å². The van der Waals surface area contributed by atoms with Crippen LogP contribution in [0.15, 0.2) is 6.20 Å². The van der Waals surface area contributed by atoms with Crippen LogP contribution in [0.4, 0.5) is 0 Å². The Labute approximate surface area is 104 Å². The maximum absolute atomic E-state index is 11.5. The molecule has 100 valence electrons. The lowest BCUT2D eigenvalue weighted by molar-refractivity contribution is 0.0948. The molecule has 2 rings (SSSR count). The minimum absolute atomic E-state index is 0.0989. The standard InChI is InChI=1S/C8H14N6O3S/c9-10-8(15)7-6-13(12-11-7)3-4-14-2-1-5-18(14,16)17/h6H,1-5,9H2,(H,10,15). The van der Waals surface area contributed by atoms with Crippen molar-refractivity contribution in [2.24, 2.45) is 5.84 Å². The number of sulfonamides is 1. The lowest BCUT2D eigenvalue weighted by Crippen LogP contribution is -2.30. The lowest BCUT2D eigenvalue weighted by Gasteiger charge is -2.13. The molecule has 1 aromatic rings. The van der Waals surface area contributed by atoms with Gasteiger partial charge in [-0.15, -0.1) is 5.10 Å². The highest BCUT2D eigenvalue weighted by Crippen LogP contribution is 2.12. The summed E-state index contributed by atoms with van der Waals surface area (Å²) in [6, 6.07) is 0. The third-order valence-corrected chi connectivity index (χ3v) is 4.64. The quantitative estimate of drug-likeness (QED) is 0.369. The number of rotatable bonds is 4. The van der Waals surface area contributed by atoms with Gasteiger partial charge in [-0.3, -0.25) is 14.9 Å². The largest absolute Gasteiger partial charge is 0.289 e. The summed E-state index contributed by atoms with van der Waals surface area (Å²) in [6.07, 6.45) is 2.07. The molecule has 2 heterocycles. The van der Waals surface area contributed by atoms with Crippen LogP contribution in [-0.2, 0) is 16.6 Å². The summed E-state index contributed by atoms with van der Waals surface area (Å²) in [5.41, 5.74) is 2.04. The molecule has 0 atom stereocenters. The van der Waals surface area contributed by atoms with E-state index in [0.717, 1.165) is 0 Å². The van der Waals surface area contributed by atoms with E-state index < -0.39 is 15.9 Å². The third kappa shape index (κ3) is 2.66. The van der Waals surface area contributed by atoms with E-state index in [-0.39, 0.29) is 11.4 Å². The molecule has 0 saturated carbocycles. The van der Waals surface area contributed by atoms with Crippen molar-refractivity contribution in [1.29, 1.82) is 0 Å². The van der Waals surface area contributed by atoms with Gasteiger partial charge in [-0.2, -0.15) is 0 Å². The monoisotopic (exact) mass is 274 g/mol. The number of hydrazine groups is 1. The van der Waals surface area contributed by atoms with Gasteiger partial charge in [0.05, 0.1) is 18.5 Å². The van der Waals surface area contributed by atoms with Crippen LogP contribution in [0.25, 0.3) is 0 Å². The molecule has 10 heteroatoms. The summed E-state index contributed by atoms with van der Waals surface area (Å²) in [7, 11) is -3.10. The topological polar surface area (TPSA) is 123 Å².